The molecule has 2 atom stereocenters. The summed E-state index contributed by atoms with van der Waals surface area (Å²) in [5.41, 5.74) is 1.51. The molecule has 2 aliphatic heterocycles. The quantitative estimate of drug-likeness (QED) is 0.794. The minimum absolute atomic E-state index is 0.205. The second-order valence-electron chi connectivity index (χ2n) is 6.03. The summed E-state index contributed by atoms with van der Waals surface area (Å²) in [6.45, 7) is 4.04. The first-order valence-corrected chi connectivity index (χ1v) is 8.32. The average Bonchev–Trinajstić information content (AvgIpc) is 2.85. The van der Waals surface area contributed by atoms with E-state index < -0.39 is 0 Å². The number of thiophene rings is 1. The number of carbonyl (C=O) groups is 1. The van der Waals surface area contributed by atoms with Crippen molar-refractivity contribution in [1.82, 2.24) is 4.90 Å². The molecule has 0 amide bonds. The maximum Gasteiger partial charge on any atom is 0.134 e. The average molecular weight is 285 g/mol. The summed E-state index contributed by atoms with van der Waals surface area (Å²) in [4.78, 5) is 16.1. The van der Waals surface area contributed by atoms with Gasteiger partial charge in [-0.15, -0.1) is 11.3 Å². The van der Waals surface area contributed by atoms with Crippen molar-refractivity contribution in [2.24, 2.45) is 5.92 Å². The normalized spacial score (nSPS) is 26.2. The third kappa shape index (κ3) is 1.76. The molecule has 2 aliphatic rings. The summed E-state index contributed by atoms with van der Waals surface area (Å²) < 4.78 is 1.38. The molecule has 0 saturated carbocycles. The van der Waals surface area contributed by atoms with Crippen LogP contribution >= 0.6 is 11.3 Å². The van der Waals surface area contributed by atoms with E-state index in [1.54, 1.807) is 6.92 Å². The van der Waals surface area contributed by atoms with Crippen molar-refractivity contribution in [3.63, 3.8) is 0 Å². The van der Waals surface area contributed by atoms with Crippen molar-refractivity contribution >= 4 is 27.2 Å². The Labute approximate surface area is 123 Å². The van der Waals surface area contributed by atoms with E-state index >= 15 is 0 Å². The molecule has 2 aromatic rings. The fraction of sp³-hybridized carbons (Fsp3) is 0.471. The molecule has 104 valence electrons. The van der Waals surface area contributed by atoms with E-state index in [1.807, 2.05) is 11.3 Å². The van der Waals surface area contributed by atoms with Gasteiger partial charge in [-0.1, -0.05) is 18.2 Å². The van der Waals surface area contributed by atoms with Gasteiger partial charge in [0.25, 0.3) is 0 Å². The van der Waals surface area contributed by atoms with Crippen molar-refractivity contribution in [2.45, 2.75) is 32.2 Å². The Bertz CT molecular complexity index is 675. The lowest BCUT2D eigenvalue weighted by Gasteiger charge is -2.43. The highest BCUT2D eigenvalue weighted by atomic mass is 32.1. The number of fused-ring (bicyclic) bond motifs is 5. The lowest BCUT2D eigenvalue weighted by atomic mass is 9.81. The van der Waals surface area contributed by atoms with E-state index in [0.29, 0.717) is 11.8 Å². The Morgan fingerprint density at radius 3 is 3.00 bits per heavy atom. The highest BCUT2D eigenvalue weighted by molar-refractivity contribution is 7.19. The van der Waals surface area contributed by atoms with Gasteiger partial charge in [-0.3, -0.25) is 9.69 Å². The molecule has 0 bridgehead atoms. The van der Waals surface area contributed by atoms with Crippen LogP contribution in [0, 0.1) is 5.92 Å². The molecule has 0 aliphatic carbocycles. The van der Waals surface area contributed by atoms with Crippen molar-refractivity contribution in [2.75, 3.05) is 13.1 Å². The number of ketones is 1. The van der Waals surface area contributed by atoms with Gasteiger partial charge in [0.1, 0.15) is 5.78 Å². The standard InChI is InChI=1S/C17H19NOS/c1-11(19)12-6-4-9-18-10-8-14-13-5-2-3-7-15(13)20-17(14)16(12)18/h2-3,5,7,12,16H,4,6,8-10H2,1H3. The van der Waals surface area contributed by atoms with E-state index in [0.717, 1.165) is 25.9 Å². The minimum Gasteiger partial charge on any atom is -0.300 e. The van der Waals surface area contributed by atoms with Crippen LogP contribution in [0.25, 0.3) is 10.1 Å². The number of nitrogens with zero attached hydrogens (tertiary/aromatic N) is 1. The highest BCUT2D eigenvalue weighted by Gasteiger charge is 2.40. The van der Waals surface area contributed by atoms with Gasteiger partial charge in [-0.05, 0) is 49.7 Å². The molecule has 0 N–H and O–H groups in total. The number of piperidine rings is 1. The molecule has 1 saturated heterocycles. The zero-order valence-corrected chi connectivity index (χ0v) is 12.6. The van der Waals surface area contributed by atoms with Crippen LogP contribution in [0.4, 0.5) is 0 Å². The third-order valence-electron chi connectivity index (χ3n) is 4.90. The predicted molar refractivity (Wildman–Crippen MR) is 83.2 cm³/mol. The molecule has 2 nitrogen and oxygen atoms in total. The lowest BCUT2D eigenvalue weighted by molar-refractivity contribution is -0.124. The fourth-order valence-electron chi connectivity index (χ4n) is 3.96. The number of benzene rings is 1. The van der Waals surface area contributed by atoms with E-state index in [9.17, 15) is 4.79 Å². The van der Waals surface area contributed by atoms with Gasteiger partial charge in [0.15, 0.2) is 0 Å². The number of rotatable bonds is 1. The maximum atomic E-state index is 12.1. The molecule has 2 unspecified atom stereocenters. The summed E-state index contributed by atoms with van der Waals surface area (Å²) in [6.07, 6.45) is 3.37. The number of Topliss-reactive ketones (excluding diaryl/α,β-unsaturated/α-hetero) is 1. The van der Waals surface area contributed by atoms with E-state index in [4.69, 9.17) is 0 Å². The van der Waals surface area contributed by atoms with Crippen LogP contribution in [0.2, 0.25) is 0 Å². The summed E-state index contributed by atoms with van der Waals surface area (Å²) in [6, 6.07) is 9.05. The third-order valence-corrected chi connectivity index (χ3v) is 6.19. The molecular weight excluding hydrogens is 266 g/mol. The van der Waals surface area contributed by atoms with Gasteiger partial charge in [0.2, 0.25) is 0 Å². The van der Waals surface area contributed by atoms with Crippen LogP contribution in [-0.2, 0) is 11.2 Å². The molecular formula is C17H19NOS. The fourth-order valence-corrected chi connectivity index (χ4v) is 5.41. The molecule has 1 fully saturated rings. The summed E-state index contributed by atoms with van der Waals surface area (Å²) >= 11 is 1.91. The van der Waals surface area contributed by atoms with Gasteiger partial charge in [-0.2, -0.15) is 0 Å². The molecule has 4 rings (SSSR count). The molecule has 3 heterocycles. The first-order valence-electron chi connectivity index (χ1n) is 7.50. The largest absolute Gasteiger partial charge is 0.300 e. The summed E-state index contributed by atoms with van der Waals surface area (Å²) in [5, 5.41) is 1.42. The first kappa shape index (κ1) is 12.5. The predicted octanol–water partition coefficient (Wildman–Crippen LogP) is 3.80. The minimum atomic E-state index is 0.205. The second-order valence-corrected chi connectivity index (χ2v) is 7.11. The zero-order valence-electron chi connectivity index (χ0n) is 11.8. The van der Waals surface area contributed by atoms with Crippen molar-refractivity contribution < 1.29 is 4.79 Å². The number of hydrogen-bond donors (Lipinski definition) is 0. The Morgan fingerprint density at radius 2 is 2.15 bits per heavy atom. The molecule has 0 radical (unpaired) electrons. The SMILES string of the molecule is CC(=O)C1CCCN2CCc3c(sc4ccccc34)C12. The Balaban J connectivity index is 1.88. The number of hydrogen-bond acceptors (Lipinski definition) is 3. The Kier molecular flexibility index (Phi) is 2.93. The van der Waals surface area contributed by atoms with Crippen LogP contribution in [-0.4, -0.2) is 23.8 Å². The number of carbonyl (C=O) groups excluding carboxylic acids is 1. The van der Waals surface area contributed by atoms with Gasteiger partial charge in [0, 0.05) is 22.0 Å². The molecule has 1 aromatic carbocycles. The summed E-state index contributed by atoms with van der Waals surface area (Å²) in [7, 11) is 0. The lowest BCUT2D eigenvalue weighted by Crippen LogP contribution is -2.44. The molecule has 20 heavy (non-hydrogen) atoms. The zero-order chi connectivity index (χ0) is 13.7. The highest BCUT2D eigenvalue weighted by Crippen LogP contribution is 2.47. The van der Waals surface area contributed by atoms with Gasteiger partial charge >= 0.3 is 0 Å². The topological polar surface area (TPSA) is 20.3 Å². The molecule has 3 heteroatoms. The van der Waals surface area contributed by atoms with Crippen LogP contribution in [0.5, 0.6) is 0 Å². The Morgan fingerprint density at radius 1 is 1.30 bits per heavy atom. The smallest absolute Gasteiger partial charge is 0.134 e. The molecule has 0 spiro atoms. The maximum absolute atomic E-state index is 12.1. The van der Waals surface area contributed by atoms with Gasteiger partial charge in [-0.25, -0.2) is 0 Å². The van der Waals surface area contributed by atoms with E-state index in [1.165, 1.54) is 26.9 Å². The van der Waals surface area contributed by atoms with Crippen molar-refractivity contribution in [1.29, 1.82) is 0 Å². The van der Waals surface area contributed by atoms with Gasteiger partial charge < -0.3 is 0 Å². The van der Waals surface area contributed by atoms with E-state index in [-0.39, 0.29) is 5.92 Å². The Hall–Kier alpha value is -1.19. The second kappa shape index (κ2) is 4.68. The first-order chi connectivity index (χ1) is 9.75. The van der Waals surface area contributed by atoms with Crippen LogP contribution in [0.1, 0.15) is 36.2 Å². The monoisotopic (exact) mass is 285 g/mol. The van der Waals surface area contributed by atoms with Crippen LogP contribution < -0.4 is 0 Å². The van der Waals surface area contributed by atoms with E-state index in [2.05, 4.69) is 29.2 Å². The molecule has 1 aromatic heterocycles. The van der Waals surface area contributed by atoms with Gasteiger partial charge in [0.05, 0.1) is 6.04 Å². The van der Waals surface area contributed by atoms with Crippen molar-refractivity contribution in [3.05, 3.63) is 34.7 Å². The summed E-state index contributed by atoms with van der Waals surface area (Å²) in [5.74, 6) is 0.570. The van der Waals surface area contributed by atoms with Crippen molar-refractivity contribution in [3.8, 4) is 0 Å². The van der Waals surface area contributed by atoms with Crippen LogP contribution in [0.15, 0.2) is 24.3 Å². The van der Waals surface area contributed by atoms with Crippen LogP contribution in [0.3, 0.4) is 0 Å².